The second-order valence-electron chi connectivity index (χ2n) is 0. The molecule has 0 unspecified atom stereocenters. The maximum atomic E-state index is 6.25. The van der Waals surface area contributed by atoms with Gasteiger partial charge in [0, 0.05) is 29.6 Å². The summed E-state index contributed by atoms with van der Waals surface area (Å²) in [7, 11) is 0. The molecule has 0 bridgehead atoms. The normalized spacial score (nSPS) is 0.500. The molecule has 0 aliphatic rings. The third-order valence-electron chi connectivity index (χ3n) is 0. The van der Waals surface area contributed by atoms with Crippen molar-refractivity contribution in [2.45, 2.75) is 0 Å². The SMILES string of the molecule is [Ag+].[C-]#N.[Na]. The van der Waals surface area contributed by atoms with Crippen LogP contribution in [0.15, 0.2) is 0 Å². The first kappa shape index (κ1) is 18.8. The average molecular weight is 157 g/mol. The van der Waals surface area contributed by atoms with Crippen LogP contribution in [0.1, 0.15) is 0 Å². The van der Waals surface area contributed by atoms with E-state index >= 15 is 0 Å². The molecule has 0 saturated heterocycles. The minimum absolute atomic E-state index is 0. The third kappa shape index (κ3) is 10.6. The Labute approximate surface area is 63.2 Å². The Balaban J connectivity index is -0.00000000500. The number of rotatable bonds is 0. The molecule has 4 heavy (non-hydrogen) atoms. The minimum Gasteiger partial charge on any atom is -0.512 e. The first-order chi connectivity index (χ1) is 1.00. The Bertz CT molecular complexity index is 12.8. The van der Waals surface area contributed by atoms with Crippen LogP contribution in [-0.2, 0) is 22.4 Å². The fourth-order valence-electron chi connectivity index (χ4n) is 0. The molecular weight excluding hydrogens is 157 g/mol. The molecule has 0 heterocycles. The van der Waals surface area contributed by atoms with Gasteiger partial charge in [0.1, 0.15) is 0 Å². The van der Waals surface area contributed by atoms with E-state index in [4.69, 9.17) is 11.8 Å². The zero-order valence-corrected chi connectivity index (χ0v) is 5.73. The van der Waals surface area contributed by atoms with Crippen LogP contribution in [-0.4, -0.2) is 29.6 Å². The Hall–Kier alpha value is 1.23. The number of hydrogen-bond donors (Lipinski definition) is 0. The minimum atomic E-state index is 0. The summed E-state index contributed by atoms with van der Waals surface area (Å²) in [6.07, 6.45) is 0. The van der Waals surface area contributed by atoms with Gasteiger partial charge in [-0.3, -0.25) is 0 Å². The van der Waals surface area contributed by atoms with Crippen LogP contribution in [0.4, 0.5) is 0 Å². The van der Waals surface area contributed by atoms with E-state index in [0.717, 1.165) is 0 Å². The van der Waals surface area contributed by atoms with Crippen molar-refractivity contribution in [3.8, 4) is 0 Å². The fraction of sp³-hybridized carbons (Fsp3) is 0. The molecule has 21 valence electrons. The molecule has 0 spiro atoms. The maximum Gasteiger partial charge on any atom is 1.00 e. The van der Waals surface area contributed by atoms with Crippen molar-refractivity contribution in [1.82, 2.24) is 0 Å². The first-order valence-electron chi connectivity index (χ1n) is 0.224. The second-order valence-corrected chi connectivity index (χ2v) is 0. The molecule has 0 atom stereocenters. The summed E-state index contributed by atoms with van der Waals surface area (Å²) in [4.78, 5) is 0. The number of nitrogens with zero attached hydrogens (tertiary/aromatic N) is 1. The summed E-state index contributed by atoms with van der Waals surface area (Å²) >= 11 is 0. The van der Waals surface area contributed by atoms with Crippen molar-refractivity contribution < 1.29 is 22.4 Å². The summed E-state index contributed by atoms with van der Waals surface area (Å²) in [5.74, 6) is 0. The Kier molecular flexibility index (Phi) is 137. The van der Waals surface area contributed by atoms with Gasteiger partial charge in [0.25, 0.3) is 0 Å². The van der Waals surface area contributed by atoms with Crippen molar-refractivity contribution in [3.63, 3.8) is 0 Å². The van der Waals surface area contributed by atoms with Gasteiger partial charge in [-0.25, -0.2) is 0 Å². The van der Waals surface area contributed by atoms with E-state index in [0.29, 0.717) is 0 Å². The molecule has 0 aromatic heterocycles. The quantitative estimate of drug-likeness (QED) is 0.350. The number of hydrogen-bond acceptors (Lipinski definition) is 1. The molecule has 3 heteroatoms. The topological polar surface area (TPSA) is 23.8 Å². The predicted molar refractivity (Wildman–Crippen MR) is 10.7 cm³/mol. The van der Waals surface area contributed by atoms with Gasteiger partial charge in [-0.2, -0.15) is 0 Å². The zero-order valence-electron chi connectivity index (χ0n) is 2.25. The van der Waals surface area contributed by atoms with E-state index in [-0.39, 0.29) is 51.9 Å². The molecule has 0 saturated carbocycles. The molecule has 0 N–H and O–H groups in total. The van der Waals surface area contributed by atoms with Gasteiger partial charge in [0.2, 0.25) is 0 Å². The van der Waals surface area contributed by atoms with Gasteiger partial charge < -0.3 is 11.8 Å². The summed E-state index contributed by atoms with van der Waals surface area (Å²) < 4.78 is 0. The van der Waals surface area contributed by atoms with E-state index in [9.17, 15) is 0 Å². The standard InChI is InChI=1S/CN.Ag.Na/c1-2;;/q-1;+1;. The Morgan fingerprint density at radius 1 is 1.25 bits per heavy atom. The van der Waals surface area contributed by atoms with E-state index < -0.39 is 0 Å². The van der Waals surface area contributed by atoms with Gasteiger partial charge in [-0.1, -0.05) is 0 Å². The third-order valence-corrected chi connectivity index (χ3v) is 0. The predicted octanol–water partition coefficient (Wildman–Crippen LogP) is -0.287. The Morgan fingerprint density at radius 3 is 1.25 bits per heavy atom. The van der Waals surface area contributed by atoms with Gasteiger partial charge in [0.05, 0.1) is 0 Å². The summed E-state index contributed by atoms with van der Waals surface area (Å²) in [6.45, 7) is 4.75. The van der Waals surface area contributed by atoms with Crippen LogP contribution in [0.5, 0.6) is 0 Å². The van der Waals surface area contributed by atoms with Crippen LogP contribution < -0.4 is 0 Å². The van der Waals surface area contributed by atoms with Gasteiger partial charge in [-0.15, -0.1) is 0 Å². The van der Waals surface area contributed by atoms with Crippen LogP contribution in [0.25, 0.3) is 0 Å². The van der Waals surface area contributed by atoms with Crippen LogP contribution in [0.2, 0.25) is 0 Å². The Morgan fingerprint density at radius 2 is 1.25 bits per heavy atom. The molecule has 0 aliphatic heterocycles. The van der Waals surface area contributed by atoms with Crippen molar-refractivity contribution in [2.24, 2.45) is 0 Å². The summed E-state index contributed by atoms with van der Waals surface area (Å²) in [5, 5.41) is 6.25. The van der Waals surface area contributed by atoms with Gasteiger partial charge in [-0.05, 0) is 0 Å². The van der Waals surface area contributed by atoms with E-state index in [1.54, 1.807) is 0 Å². The van der Waals surface area contributed by atoms with Gasteiger partial charge in [0.15, 0.2) is 0 Å². The van der Waals surface area contributed by atoms with Crippen LogP contribution in [0, 0.1) is 11.8 Å². The molecular formula is CAgNNa. The molecule has 0 aromatic rings. The second kappa shape index (κ2) is 29.2. The molecule has 1 radical (unpaired) electrons. The van der Waals surface area contributed by atoms with Crippen molar-refractivity contribution in [3.05, 3.63) is 6.57 Å². The molecule has 0 amide bonds. The smallest absolute Gasteiger partial charge is 0.512 e. The van der Waals surface area contributed by atoms with Gasteiger partial charge >= 0.3 is 22.4 Å². The fourth-order valence-corrected chi connectivity index (χ4v) is 0. The summed E-state index contributed by atoms with van der Waals surface area (Å²) in [6, 6.07) is 0. The van der Waals surface area contributed by atoms with Crippen molar-refractivity contribution in [2.75, 3.05) is 0 Å². The van der Waals surface area contributed by atoms with Crippen molar-refractivity contribution in [1.29, 1.82) is 5.26 Å². The zero-order chi connectivity index (χ0) is 2.00. The maximum absolute atomic E-state index is 6.25. The molecule has 0 aromatic carbocycles. The van der Waals surface area contributed by atoms with E-state index in [1.807, 2.05) is 0 Å². The first-order valence-corrected chi connectivity index (χ1v) is 0.224. The van der Waals surface area contributed by atoms with Crippen LogP contribution in [0.3, 0.4) is 0 Å². The average Bonchev–Trinajstić information content (AvgIpc) is 1.00. The molecule has 1 nitrogen and oxygen atoms in total. The van der Waals surface area contributed by atoms with E-state index in [1.165, 1.54) is 0 Å². The molecule has 0 aliphatic carbocycles. The molecule has 0 rings (SSSR count). The van der Waals surface area contributed by atoms with E-state index in [2.05, 4.69) is 0 Å². The van der Waals surface area contributed by atoms with Crippen LogP contribution >= 0.6 is 0 Å². The summed E-state index contributed by atoms with van der Waals surface area (Å²) in [5.41, 5.74) is 0. The monoisotopic (exact) mass is 156 g/mol. The largest absolute Gasteiger partial charge is 1.00 e. The molecule has 0 fully saturated rings. The van der Waals surface area contributed by atoms with Crippen molar-refractivity contribution >= 4 is 29.6 Å².